The van der Waals surface area contributed by atoms with Gasteiger partial charge in [0.1, 0.15) is 6.60 Å². The molecule has 0 aliphatic heterocycles. The van der Waals surface area contributed by atoms with E-state index in [9.17, 15) is 0 Å². The Hall–Kier alpha value is 0.460. The fourth-order valence-electron chi connectivity index (χ4n) is 8.37. The first-order chi connectivity index (χ1) is 17.0. The average molecular weight is 726 g/mol. The van der Waals surface area contributed by atoms with Crippen molar-refractivity contribution in [1.82, 2.24) is 0 Å². The summed E-state index contributed by atoms with van der Waals surface area (Å²) in [5.74, 6) is 0. The maximum absolute atomic E-state index is 3.11. The largest absolute Gasteiger partial charge is 0.290 e. The number of halogens is 2. The maximum Gasteiger partial charge on any atom is 0.258 e. The van der Waals surface area contributed by atoms with Gasteiger partial charge in [-0.1, -0.05) is 70.5 Å². The summed E-state index contributed by atoms with van der Waals surface area (Å²) in [5.41, 5.74) is 14.1. The van der Waals surface area contributed by atoms with Crippen molar-refractivity contribution in [2.45, 2.75) is 117 Å². The standard InChI is InChI=1S/C31H47B2I2P/c1-22-18-24(3)30(25(4)19-22)32(31-26(5)20-23(2)21-27(31)6)33(34,35)36(7,28-14-10-8-11-15-28)29-16-12-9-13-17-29/h18-21,28-29H,8-17H2,1-7H3. The van der Waals surface area contributed by atoms with Crippen molar-refractivity contribution < 1.29 is 0 Å². The van der Waals surface area contributed by atoms with Gasteiger partial charge in [-0.05, 0) is 92.9 Å². The lowest BCUT2D eigenvalue weighted by Crippen LogP contribution is -2.63. The molecule has 0 spiro atoms. The van der Waals surface area contributed by atoms with Gasteiger partial charge < -0.3 is 0 Å². The van der Waals surface area contributed by atoms with Crippen LogP contribution in [0, 0.1) is 41.5 Å². The van der Waals surface area contributed by atoms with Crippen molar-refractivity contribution in [1.29, 1.82) is 0 Å². The quantitative estimate of drug-likeness (QED) is 0.158. The van der Waals surface area contributed by atoms with Gasteiger partial charge in [-0.25, -0.2) is 0 Å². The van der Waals surface area contributed by atoms with Crippen LogP contribution in [-0.2, 0) is 0 Å². The second kappa shape index (κ2) is 11.9. The zero-order chi connectivity index (χ0) is 26.3. The van der Waals surface area contributed by atoms with Gasteiger partial charge in [0.25, 0.3) is 1.47 Å². The zero-order valence-electron chi connectivity index (χ0n) is 23.9. The molecule has 196 valence electrons. The number of hydrogen-bond acceptors (Lipinski definition) is 0. The summed E-state index contributed by atoms with van der Waals surface area (Å²) in [6.07, 6.45) is 14.7. The Morgan fingerprint density at radius 3 is 1.22 bits per heavy atom. The Bertz CT molecular complexity index is 962. The van der Waals surface area contributed by atoms with Gasteiger partial charge in [-0.2, -0.15) is 0 Å². The molecular weight excluding hydrogens is 679 g/mol. The summed E-state index contributed by atoms with van der Waals surface area (Å²) >= 11 is 6.22. The third kappa shape index (κ3) is 5.54. The van der Waals surface area contributed by atoms with E-state index in [4.69, 9.17) is 0 Å². The molecule has 0 atom stereocenters. The molecular formula is C31H47B2I2P. The maximum atomic E-state index is 3.11. The molecule has 2 aliphatic rings. The van der Waals surface area contributed by atoms with E-state index >= 15 is 0 Å². The van der Waals surface area contributed by atoms with Gasteiger partial charge in [0.15, 0.2) is 0 Å². The fourth-order valence-corrected chi connectivity index (χ4v) is 20.9. The number of rotatable bonds is 6. The fraction of sp³-hybridized carbons (Fsp3) is 0.613. The molecule has 2 aromatic carbocycles. The van der Waals surface area contributed by atoms with Crippen LogP contribution in [0.1, 0.15) is 97.6 Å². The van der Waals surface area contributed by atoms with Crippen molar-refractivity contribution in [3.63, 3.8) is 0 Å². The highest BCUT2D eigenvalue weighted by Crippen LogP contribution is 2.79. The summed E-state index contributed by atoms with van der Waals surface area (Å²) in [5, 5.41) is 0. The summed E-state index contributed by atoms with van der Waals surface area (Å²) in [7, 11) is -1.28. The van der Waals surface area contributed by atoms with Crippen LogP contribution < -0.4 is 10.9 Å². The molecule has 5 heteroatoms. The van der Waals surface area contributed by atoms with Gasteiger partial charge in [0, 0.05) is 18.0 Å². The lowest BCUT2D eigenvalue weighted by molar-refractivity contribution is 0.483. The molecule has 0 radical (unpaired) electrons. The van der Waals surface area contributed by atoms with E-state index < -0.39 is 8.61 Å². The van der Waals surface area contributed by atoms with Crippen molar-refractivity contribution in [3.05, 3.63) is 57.6 Å². The Morgan fingerprint density at radius 1 is 0.611 bits per heavy atom. The molecule has 2 aromatic rings. The van der Waals surface area contributed by atoms with Gasteiger partial charge in [0.05, 0.1) is 0 Å². The molecule has 2 aliphatic carbocycles. The predicted molar refractivity (Wildman–Crippen MR) is 187 cm³/mol. The summed E-state index contributed by atoms with van der Waals surface area (Å²) in [6, 6.07) is 9.85. The van der Waals surface area contributed by atoms with E-state index in [1.54, 1.807) is 10.9 Å². The molecule has 0 N–H and O–H groups in total. The van der Waals surface area contributed by atoms with Gasteiger partial charge in [0.2, 0.25) is 0 Å². The van der Waals surface area contributed by atoms with E-state index in [1.165, 1.54) is 97.6 Å². The lowest BCUT2D eigenvalue weighted by atomic mass is 9.23. The van der Waals surface area contributed by atoms with E-state index in [2.05, 4.69) is 117 Å². The first kappa shape index (κ1) is 29.4. The molecule has 36 heavy (non-hydrogen) atoms. The van der Waals surface area contributed by atoms with Crippen molar-refractivity contribution in [3.8, 4) is 0 Å². The highest BCUT2D eigenvalue weighted by atomic mass is 127. The molecule has 0 saturated heterocycles. The molecule has 0 unspecified atom stereocenters. The zero-order valence-corrected chi connectivity index (χ0v) is 29.1. The topological polar surface area (TPSA) is 0 Å². The summed E-state index contributed by atoms with van der Waals surface area (Å²) in [6.45, 7) is 17.5. The monoisotopic (exact) mass is 726 g/mol. The SMILES string of the molecule is Cc1cc(C)c(B(c2c(C)cc(C)cc2C)[B-](I)(I)[P+](C)(C2CCCCC2)C2CCCCC2)c(C)c1. The number of hydrogen-bond donors (Lipinski definition) is 0. The van der Waals surface area contributed by atoms with Crippen LogP contribution in [0.15, 0.2) is 24.3 Å². The van der Waals surface area contributed by atoms with Crippen LogP contribution in [0.25, 0.3) is 0 Å². The van der Waals surface area contributed by atoms with Gasteiger partial charge in [-0.3, -0.25) is 44.7 Å². The van der Waals surface area contributed by atoms with E-state index in [0.29, 0.717) is 6.60 Å². The van der Waals surface area contributed by atoms with E-state index in [0.717, 1.165) is 11.3 Å². The Morgan fingerprint density at radius 2 is 0.917 bits per heavy atom. The summed E-state index contributed by atoms with van der Waals surface area (Å²) in [4.78, 5) is 0. The van der Waals surface area contributed by atoms with Crippen LogP contribution >= 0.6 is 51.9 Å². The van der Waals surface area contributed by atoms with Gasteiger partial charge >= 0.3 is 0 Å². The smallest absolute Gasteiger partial charge is 0.258 e. The molecule has 0 bridgehead atoms. The predicted octanol–water partition coefficient (Wildman–Crippen LogP) is 9.35. The molecule has 4 rings (SSSR count). The summed E-state index contributed by atoms with van der Waals surface area (Å²) < 4.78 is -0.725. The number of benzene rings is 2. The van der Waals surface area contributed by atoms with Gasteiger partial charge in [-0.15, -0.1) is 18.1 Å². The normalized spacial score (nSPS) is 18.5. The van der Waals surface area contributed by atoms with Crippen LogP contribution in [0.2, 0.25) is 0 Å². The molecule has 0 nitrogen and oxygen atoms in total. The minimum absolute atomic E-state index is 0.495. The average Bonchev–Trinajstić information content (AvgIpc) is 2.82. The molecule has 2 fully saturated rings. The molecule has 0 amide bonds. The first-order valence-corrected chi connectivity index (χ1v) is 19.4. The van der Waals surface area contributed by atoms with E-state index in [1.807, 2.05) is 0 Å². The van der Waals surface area contributed by atoms with Crippen molar-refractivity contribution >= 4 is 70.9 Å². The molecule has 0 aromatic heterocycles. The third-order valence-corrected chi connectivity index (χ3v) is 24.6. The van der Waals surface area contributed by atoms with E-state index in [-0.39, 0.29) is 0 Å². The Kier molecular flexibility index (Phi) is 9.74. The first-order valence-electron chi connectivity index (χ1n) is 14.5. The van der Waals surface area contributed by atoms with Crippen LogP contribution in [-0.4, -0.2) is 26.1 Å². The lowest BCUT2D eigenvalue weighted by Gasteiger charge is -2.56. The Labute approximate surface area is 250 Å². The minimum atomic E-state index is -1.28. The molecule has 2 saturated carbocycles. The van der Waals surface area contributed by atoms with Crippen molar-refractivity contribution in [2.24, 2.45) is 0 Å². The second-order valence-corrected chi connectivity index (χ2v) is 25.6. The third-order valence-electron chi connectivity index (χ3n) is 9.96. The highest BCUT2D eigenvalue weighted by Gasteiger charge is 2.60. The number of aryl methyl sites for hydroxylation is 6. The van der Waals surface area contributed by atoms with Crippen LogP contribution in [0.3, 0.4) is 0 Å². The Balaban J connectivity index is 2.00. The van der Waals surface area contributed by atoms with Crippen LogP contribution in [0.5, 0.6) is 0 Å². The minimum Gasteiger partial charge on any atom is -0.290 e. The second-order valence-electron chi connectivity index (χ2n) is 12.6. The van der Waals surface area contributed by atoms with Crippen LogP contribution in [0.4, 0.5) is 0 Å². The molecule has 0 heterocycles. The highest BCUT2D eigenvalue weighted by molar-refractivity contribution is 14.3. The van der Waals surface area contributed by atoms with Crippen molar-refractivity contribution in [2.75, 3.05) is 6.66 Å².